The van der Waals surface area contributed by atoms with Crippen LogP contribution in [0.5, 0.6) is 0 Å². The largest absolute Gasteiger partial charge is 0.454 e. The minimum atomic E-state index is -0.924. The van der Waals surface area contributed by atoms with Crippen LogP contribution in [0.2, 0.25) is 0 Å². The highest BCUT2D eigenvalue weighted by atomic mass is 16.6. The first kappa shape index (κ1) is 19.3. The Labute approximate surface area is 125 Å². The molecule has 0 radical (unpaired) electrons. The summed E-state index contributed by atoms with van der Waals surface area (Å²) in [5, 5.41) is 0. The molecule has 0 fully saturated rings. The van der Waals surface area contributed by atoms with E-state index in [1.165, 1.54) is 0 Å². The number of carbonyl (C=O) groups excluding carboxylic acids is 4. The van der Waals surface area contributed by atoms with Gasteiger partial charge in [0.05, 0.1) is 0 Å². The fraction of sp³-hybridized carbons (Fsp3) is 0.733. The lowest BCUT2D eigenvalue weighted by atomic mass is 10.1. The third-order valence-corrected chi connectivity index (χ3v) is 2.06. The first-order chi connectivity index (χ1) is 9.32. The van der Waals surface area contributed by atoms with Crippen molar-refractivity contribution in [1.82, 2.24) is 0 Å². The second kappa shape index (κ2) is 7.33. The Hall–Kier alpha value is -1.72. The molecule has 0 atom stereocenters. The van der Waals surface area contributed by atoms with Gasteiger partial charge in [-0.05, 0) is 48.0 Å². The fourth-order valence-electron chi connectivity index (χ4n) is 1.28. The quantitative estimate of drug-likeness (QED) is 0.550. The summed E-state index contributed by atoms with van der Waals surface area (Å²) in [6.07, 6.45) is -0.164. The standard InChI is InChI=1S/C15H24O6/c1-14(2,3)20-12(18)10(16)8-7-9-11(17)13(19)21-15(4,5)6/h7-9H2,1-6H3. The van der Waals surface area contributed by atoms with E-state index in [0.29, 0.717) is 0 Å². The van der Waals surface area contributed by atoms with Gasteiger partial charge in [0.2, 0.25) is 11.6 Å². The molecular weight excluding hydrogens is 276 g/mol. The molecule has 0 bridgehead atoms. The predicted octanol–water partition coefficient (Wildman–Crippen LogP) is 1.98. The Kier molecular flexibility index (Phi) is 6.73. The molecule has 0 aliphatic heterocycles. The lowest BCUT2D eigenvalue weighted by molar-refractivity contribution is -0.163. The number of ketones is 2. The molecule has 0 amide bonds. The number of Topliss-reactive ketones (excluding diaryl/α,β-unsaturated/α-hetero) is 2. The summed E-state index contributed by atoms with van der Waals surface area (Å²) >= 11 is 0. The number of rotatable bonds is 6. The van der Waals surface area contributed by atoms with Gasteiger partial charge in [0.15, 0.2) is 0 Å². The van der Waals surface area contributed by atoms with Gasteiger partial charge < -0.3 is 9.47 Å². The molecule has 0 aromatic rings. The van der Waals surface area contributed by atoms with E-state index in [4.69, 9.17) is 9.47 Å². The van der Waals surface area contributed by atoms with Crippen LogP contribution in [0.1, 0.15) is 60.8 Å². The summed E-state index contributed by atoms with van der Waals surface area (Å²) < 4.78 is 9.81. The average molecular weight is 300 g/mol. The number of carbonyl (C=O) groups is 4. The fourth-order valence-corrected chi connectivity index (χ4v) is 1.28. The minimum Gasteiger partial charge on any atom is -0.454 e. The van der Waals surface area contributed by atoms with E-state index in [0.717, 1.165) is 0 Å². The van der Waals surface area contributed by atoms with E-state index in [1.807, 2.05) is 0 Å². The number of esters is 2. The van der Waals surface area contributed by atoms with E-state index >= 15 is 0 Å². The van der Waals surface area contributed by atoms with Gasteiger partial charge in [0, 0.05) is 12.8 Å². The average Bonchev–Trinajstić information content (AvgIpc) is 2.23. The van der Waals surface area contributed by atoms with Gasteiger partial charge in [0.1, 0.15) is 11.2 Å². The van der Waals surface area contributed by atoms with Crippen molar-refractivity contribution in [1.29, 1.82) is 0 Å². The molecular formula is C15H24O6. The van der Waals surface area contributed by atoms with Crippen molar-refractivity contribution >= 4 is 23.5 Å². The maximum Gasteiger partial charge on any atom is 0.375 e. The van der Waals surface area contributed by atoms with E-state index in [9.17, 15) is 19.2 Å². The molecule has 120 valence electrons. The van der Waals surface area contributed by atoms with Crippen LogP contribution in [-0.2, 0) is 28.7 Å². The maximum absolute atomic E-state index is 11.5. The van der Waals surface area contributed by atoms with Crippen molar-refractivity contribution in [2.24, 2.45) is 0 Å². The first-order valence-corrected chi connectivity index (χ1v) is 6.84. The summed E-state index contributed by atoms with van der Waals surface area (Å²) in [6, 6.07) is 0. The summed E-state index contributed by atoms with van der Waals surface area (Å²) in [6.45, 7) is 9.94. The molecule has 0 spiro atoms. The molecule has 0 aromatic heterocycles. The van der Waals surface area contributed by atoms with Crippen LogP contribution in [0.15, 0.2) is 0 Å². The molecule has 0 saturated heterocycles. The SMILES string of the molecule is CC(C)(C)OC(=O)C(=O)CCCC(=O)C(=O)OC(C)(C)C. The molecule has 6 nitrogen and oxygen atoms in total. The van der Waals surface area contributed by atoms with Crippen LogP contribution in [0, 0.1) is 0 Å². The van der Waals surface area contributed by atoms with Gasteiger partial charge in [-0.3, -0.25) is 9.59 Å². The lowest BCUT2D eigenvalue weighted by Crippen LogP contribution is -2.30. The molecule has 0 aliphatic rings. The lowest BCUT2D eigenvalue weighted by Gasteiger charge is -2.19. The van der Waals surface area contributed by atoms with Crippen molar-refractivity contribution in [3.05, 3.63) is 0 Å². The maximum atomic E-state index is 11.5. The van der Waals surface area contributed by atoms with Gasteiger partial charge in [-0.25, -0.2) is 9.59 Å². The van der Waals surface area contributed by atoms with Crippen LogP contribution in [0.3, 0.4) is 0 Å². The van der Waals surface area contributed by atoms with Crippen molar-refractivity contribution in [2.75, 3.05) is 0 Å². The number of hydrogen-bond donors (Lipinski definition) is 0. The molecule has 0 aliphatic carbocycles. The Morgan fingerprint density at radius 3 is 1.19 bits per heavy atom. The van der Waals surface area contributed by atoms with Crippen LogP contribution < -0.4 is 0 Å². The van der Waals surface area contributed by atoms with E-state index in [-0.39, 0.29) is 19.3 Å². The van der Waals surface area contributed by atoms with E-state index in [2.05, 4.69) is 0 Å². The highest BCUT2D eigenvalue weighted by molar-refractivity contribution is 6.35. The van der Waals surface area contributed by atoms with Crippen molar-refractivity contribution in [3.63, 3.8) is 0 Å². The van der Waals surface area contributed by atoms with E-state index in [1.54, 1.807) is 41.5 Å². The second-order valence-corrected chi connectivity index (χ2v) is 6.70. The first-order valence-electron chi connectivity index (χ1n) is 6.84. The van der Waals surface area contributed by atoms with Gasteiger partial charge >= 0.3 is 11.9 Å². The van der Waals surface area contributed by atoms with Gasteiger partial charge in [-0.2, -0.15) is 0 Å². The van der Waals surface area contributed by atoms with Crippen molar-refractivity contribution in [2.45, 2.75) is 72.0 Å². The zero-order valence-electron chi connectivity index (χ0n) is 13.6. The summed E-state index contributed by atoms with van der Waals surface area (Å²) in [4.78, 5) is 45.8. The molecule has 0 aromatic carbocycles. The Bertz CT molecular complexity index is 382. The van der Waals surface area contributed by atoms with Gasteiger partial charge in [-0.15, -0.1) is 0 Å². The second-order valence-electron chi connectivity index (χ2n) is 6.70. The van der Waals surface area contributed by atoms with Crippen molar-refractivity contribution < 1.29 is 28.7 Å². The minimum absolute atomic E-state index is 0.107. The monoisotopic (exact) mass is 300 g/mol. The topological polar surface area (TPSA) is 86.7 Å². The van der Waals surface area contributed by atoms with Crippen molar-refractivity contribution in [3.8, 4) is 0 Å². The molecule has 6 heteroatoms. The third-order valence-electron chi connectivity index (χ3n) is 2.06. The van der Waals surface area contributed by atoms with Crippen LogP contribution in [-0.4, -0.2) is 34.7 Å². The summed E-state index contributed by atoms with van der Waals surface area (Å²) in [7, 11) is 0. The normalized spacial score (nSPS) is 11.7. The number of ether oxygens (including phenoxy) is 2. The molecule has 0 N–H and O–H groups in total. The van der Waals surface area contributed by atoms with Crippen LogP contribution >= 0.6 is 0 Å². The van der Waals surface area contributed by atoms with Gasteiger partial charge in [0.25, 0.3) is 0 Å². The zero-order chi connectivity index (χ0) is 16.8. The Morgan fingerprint density at radius 1 is 0.667 bits per heavy atom. The Balaban J connectivity index is 4.15. The zero-order valence-corrected chi connectivity index (χ0v) is 13.6. The highest BCUT2D eigenvalue weighted by Gasteiger charge is 2.25. The Morgan fingerprint density at radius 2 is 0.952 bits per heavy atom. The third kappa shape index (κ3) is 9.76. The van der Waals surface area contributed by atoms with Crippen LogP contribution in [0.4, 0.5) is 0 Å². The van der Waals surface area contributed by atoms with Crippen LogP contribution in [0.25, 0.3) is 0 Å². The molecule has 21 heavy (non-hydrogen) atoms. The molecule has 0 saturated carbocycles. The smallest absolute Gasteiger partial charge is 0.375 e. The molecule has 0 unspecified atom stereocenters. The van der Waals surface area contributed by atoms with Gasteiger partial charge in [-0.1, -0.05) is 0 Å². The summed E-state index contributed by atoms with van der Waals surface area (Å²) in [5.41, 5.74) is -1.47. The number of hydrogen-bond acceptors (Lipinski definition) is 6. The predicted molar refractivity (Wildman–Crippen MR) is 75.6 cm³/mol. The van der Waals surface area contributed by atoms with E-state index < -0.39 is 34.7 Å². The molecule has 0 heterocycles. The molecule has 0 rings (SSSR count). The highest BCUT2D eigenvalue weighted by Crippen LogP contribution is 2.11. The summed E-state index contributed by atoms with van der Waals surface area (Å²) in [5.74, 6) is -3.26.